The van der Waals surface area contributed by atoms with E-state index in [0.29, 0.717) is 21.8 Å². The Bertz CT molecular complexity index is 1030. The second-order valence-electron chi connectivity index (χ2n) is 6.00. The largest absolute Gasteiger partial charge is 0.469 e. The molecule has 0 fully saturated rings. The van der Waals surface area contributed by atoms with Gasteiger partial charge in [0.15, 0.2) is 5.16 Å². The zero-order valence-corrected chi connectivity index (χ0v) is 15.8. The third-order valence-electron chi connectivity index (χ3n) is 4.26. The third kappa shape index (κ3) is 3.65. The molecule has 0 unspecified atom stereocenters. The molecule has 0 radical (unpaired) electrons. The predicted molar refractivity (Wildman–Crippen MR) is 104 cm³/mol. The van der Waals surface area contributed by atoms with Crippen LogP contribution in [0.15, 0.2) is 52.4 Å². The number of nitrogens with zero attached hydrogens (tertiary/aromatic N) is 2. The number of carbonyl (C=O) groups excluding carboxylic acids is 1. The number of rotatable bonds is 5. The molecular weight excluding hydrogens is 348 g/mol. The fourth-order valence-electron chi connectivity index (χ4n) is 2.63. The molecule has 0 spiro atoms. The Balaban J connectivity index is 2.12. The smallest absolute Gasteiger partial charge is 0.306 e. The number of para-hydroxylation sites is 1. The van der Waals surface area contributed by atoms with Crippen molar-refractivity contribution in [3.63, 3.8) is 0 Å². The molecule has 0 saturated carbocycles. The molecule has 134 valence electrons. The van der Waals surface area contributed by atoms with Crippen LogP contribution in [0.3, 0.4) is 0 Å². The van der Waals surface area contributed by atoms with Gasteiger partial charge >= 0.3 is 5.97 Å². The second kappa shape index (κ2) is 7.74. The summed E-state index contributed by atoms with van der Waals surface area (Å²) in [7, 11) is 1.37. The standard InChI is InChI=1S/C20H20N2O3S/c1-13-8-9-15(12-14(13)2)22-19(24)16-6-4-5-7-17(16)21-20(22)26-11-10-18(23)25-3/h4-9,12H,10-11H2,1-3H3. The monoisotopic (exact) mass is 368 g/mol. The fourth-order valence-corrected chi connectivity index (χ4v) is 3.56. The highest BCUT2D eigenvalue weighted by Gasteiger charge is 2.14. The summed E-state index contributed by atoms with van der Waals surface area (Å²) in [6.45, 7) is 4.05. The summed E-state index contributed by atoms with van der Waals surface area (Å²) in [6, 6.07) is 13.2. The van der Waals surface area contributed by atoms with Crippen molar-refractivity contribution in [1.82, 2.24) is 9.55 Å². The average Bonchev–Trinajstić information content (AvgIpc) is 2.64. The number of hydrogen-bond acceptors (Lipinski definition) is 5. The fraction of sp³-hybridized carbons (Fsp3) is 0.250. The van der Waals surface area contributed by atoms with Gasteiger partial charge in [0, 0.05) is 5.75 Å². The first-order chi connectivity index (χ1) is 12.5. The van der Waals surface area contributed by atoms with Crippen molar-refractivity contribution >= 4 is 28.6 Å². The van der Waals surface area contributed by atoms with Gasteiger partial charge in [-0.1, -0.05) is 30.0 Å². The van der Waals surface area contributed by atoms with Crippen LogP contribution in [0, 0.1) is 13.8 Å². The van der Waals surface area contributed by atoms with Crippen LogP contribution < -0.4 is 5.56 Å². The molecule has 0 aliphatic carbocycles. The summed E-state index contributed by atoms with van der Waals surface area (Å²) in [5.74, 6) is 0.209. The van der Waals surface area contributed by atoms with Crippen molar-refractivity contribution < 1.29 is 9.53 Å². The lowest BCUT2D eigenvalue weighted by molar-refractivity contribution is -0.140. The van der Waals surface area contributed by atoms with Gasteiger partial charge in [0.05, 0.1) is 30.1 Å². The highest BCUT2D eigenvalue weighted by atomic mass is 32.2. The van der Waals surface area contributed by atoms with E-state index in [1.165, 1.54) is 18.9 Å². The van der Waals surface area contributed by atoms with E-state index in [2.05, 4.69) is 9.72 Å². The Kier molecular flexibility index (Phi) is 5.42. The molecule has 0 N–H and O–H groups in total. The summed E-state index contributed by atoms with van der Waals surface area (Å²) in [5, 5.41) is 1.14. The van der Waals surface area contributed by atoms with Gasteiger partial charge in [0.25, 0.3) is 5.56 Å². The third-order valence-corrected chi connectivity index (χ3v) is 5.20. The summed E-state index contributed by atoms with van der Waals surface area (Å²) < 4.78 is 6.31. The maximum atomic E-state index is 13.1. The van der Waals surface area contributed by atoms with E-state index in [4.69, 9.17) is 0 Å². The van der Waals surface area contributed by atoms with E-state index < -0.39 is 0 Å². The predicted octanol–water partition coefficient (Wildman–Crippen LogP) is 3.66. The van der Waals surface area contributed by atoms with Crippen LogP contribution in [0.25, 0.3) is 16.6 Å². The Morgan fingerprint density at radius 1 is 1.15 bits per heavy atom. The number of carbonyl (C=O) groups is 1. The molecule has 0 bridgehead atoms. The minimum absolute atomic E-state index is 0.112. The average molecular weight is 368 g/mol. The molecule has 5 nitrogen and oxygen atoms in total. The first kappa shape index (κ1) is 18.2. The minimum Gasteiger partial charge on any atom is -0.469 e. The number of aryl methyl sites for hydroxylation is 2. The first-order valence-corrected chi connectivity index (χ1v) is 9.29. The van der Waals surface area contributed by atoms with E-state index in [1.807, 2.05) is 50.2 Å². The molecule has 0 amide bonds. The molecule has 0 aliphatic rings. The molecule has 0 saturated heterocycles. The van der Waals surface area contributed by atoms with E-state index in [0.717, 1.165) is 16.8 Å². The van der Waals surface area contributed by atoms with E-state index in [-0.39, 0.29) is 17.9 Å². The van der Waals surface area contributed by atoms with Gasteiger partial charge in [-0.3, -0.25) is 14.2 Å². The van der Waals surface area contributed by atoms with Gasteiger partial charge in [0.1, 0.15) is 0 Å². The number of aromatic nitrogens is 2. The van der Waals surface area contributed by atoms with Gasteiger partial charge in [-0.15, -0.1) is 0 Å². The van der Waals surface area contributed by atoms with Crippen molar-refractivity contribution in [2.45, 2.75) is 25.4 Å². The van der Waals surface area contributed by atoms with E-state index in [9.17, 15) is 9.59 Å². The van der Waals surface area contributed by atoms with Crippen LogP contribution in [0.2, 0.25) is 0 Å². The summed E-state index contributed by atoms with van der Waals surface area (Å²) in [5.41, 5.74) is 3.58. The number of thioether (sulfide) groups is 1. The Labute approximate surface area is 156 Å². The lowest BCUT2D eigenvalue weighted by Crippen LogP contribution is -2.22. The molecule has 6 heteroatoms. The van der Waals surface area contributed by atoms with Crippen molar-refractivity contribution in [2.75, 3.05) is 12.9 Å². The zero-order chi connectivity index (χ0) is 18.7. The lowest BCUT2D eigenvalue weighted by Gasteiger charge is -2.14. The minimum atomic E-state index is -0.279. The number of benzene rings is 2. The van der Waals surface area contributed by atoms with Gasteiger partial charge in [-0.25, -0.2) is 4.98 Å². The number of fused-ring (bicyclic) bond motifs is 1. The second-order valence-corrected chi connectivity index (χ2v) is 7.06. The maximum Gasteiger partial charge on any atom is 0.306 e. The Morgan fingerprint density at radius 3 is 2.65 bits per heavy atom. The van der Waals surface area contributed by atoms with Crippen LogP contribution in [0.4, 0.5) is 0 Å². The van der Waals surface area contributed by atoms with Crippen molar-refractivity contribution in [2.24, 2.45) is 0 Å². The molecular formula is C20H20N2O3S. The first-order valence-electron chi connectivity index (χ1n) is 8.30. The quantitative estimate of drug-likeness (QED) is 0.391. The number of methoxy groups -OCH3 is 1. The van der Waals surface area contributed by atoms with E-state index >= 15 is 0 Å². The van der Waals surface area contributed by atoms with Crippen LogP contribution in [0.1, 0.15) is 17.5 Å². The van der Waals surface area contributed by atoms with Gasteiger partial charge in [-0.05, 0) is 49.2 Å². The highest BCUT2D eigenvalue weighted by Crippen LogP contribution is 2.23. The van der Waals surface area contributed by atoms with Crippen LogP contribution in [-0.2, 0) is 9.53 Å². The molecule has 0 aliphatic heterocycles. The maximum absolute atomic E-state index is 13.1. The van der Waals surface area contributed by atoms with Gasteiger partial charge < -0.3 is 4.74 Å². The molecule has 26 heavy (non-hydrogen) atoms. The molecule has 3 rings (SSSR count). The molecule has 1 aromatic heterocycles. The SMILES string of the molecule is COC(=O)CCSc1nc2ccccc2c(=O)n1-c1ccc(C)c(C)c1. The number of ether oxygens (including phenoxy) is 1. The molecule has 3 aromatic rings. The summed E-state index contributed by atoms with van der Waals surface area (Å²) in [6.07, 6.45) is 0.261. The summed E-state index contributed by atoms with van der Waals surface area (Å²) >= 11 is 1.38. The van der Waals surface area contributed by atoms with Crippen LogP contribution in [0.5, 0.6) is 0 Å². The Hall–Kier alpha value is -2.60. The summed E-state index contributed by atoms with van der Waals surface area (Å²) in [4.78, 5) is 29.2. The zero-order valence-electron chi connectivity index (χ0n) is 15.0. The van der Waals surface area contributed by atoms with Crippen molar-refractivity contribution in [3.8, 4) is 5.69 Å². The number of hydrogen-bond donors (Lipinski definition) is 0. The molecule has 2 aromatic carbocycles. The van der Waals surface area contributed by atoms with Crippen LogP contribution >= 0.6 is 11.8 Å². The van der Waals surface area contributed by atoms with Crippen LogP contribution in [-0.4, -0.2) is 28.4 Å². The number of esters is 1. The normalized spacial score (nSPS) is 10.9. The van der Waals surface area contributed by atoms with E-state index in [1.54, 1.807) is 10.6 Å². The van der Waals surface area contributed by atoms with Gasteiger partial charge in [0.2, 0.25) is 0 Å². The lowest BCUT2D eigenvalue weighted by atomic mass is 10.1. The molecule has 1 heterocycles. The molecule has 0 atom stereocenters. The van der Waals surface area contributed by atoms with Crippen molar-refractivity contribution in [3.05, 3.63) is 63.9 Å². The van der Waals surface area contributed by atoms with Gasteiger partial charge in [-0.2, -0.15) is 0 Å². The topological polar surface area (TPSA) is 61.2 Å². The van der Waals surface area contributed by atoms with Crippen molar-refractivity contribution in [1.29, 1.82) is 0 Å². The Morgan fingerprint density at radius 2 is 1.92 bits per heavy atom. The highest BCUT2D eigenvalue weighted by molar-refractivity contribution is 7.99.